The summed E-state index contributed by atoms with van der Waals surface area (Å²) < 4.78 is 9.54. The molecule has 0 heterocycles. The van der Waals surface area contributed by atoms with Crippen LogP contribution >= 0.6 is 0 Å². The molecule has 0 aromatic heterocycles. The summed E-state index contributed by atoms with van der Waals surface area (Å²) >= 11 is 0. The van der Waals surface area contributed by atoms with Crippen LogP contribution in [0.5, 0.6) is 0 Å². The number of aliphatic hydroxyl groups is 1. The minimum Gasteiger partial charge on any atom is -0.466 e. The lowest BCUT2D eigenvalue weighted by atomic mass is 10.2. The van der Waals surface area contributed by atoms with E-state index in [9.17, 15) is 9.59 Å². The third-order valence-electron chi connectivity index (χ3n) is 1.90. The molecule has 0 rings (SSSR count). The predicted molar refractivity (Wildman–Crippen MR) is 64.2 cm³/mol. The lowest BCUT2D eigenvalue weighted by Gasteiger charge is -2.12. The van der Waals surface area contributed by atoms with Gasteiger partial charge in [0.25, 0.3) is 0 Å². The number of hydrogen-bond donors (Lipinski definition) is 3. The molecule has 0 radical (unpaired) electrons. The molecule has 0 aliphatic heterocycles. The fraction of sp³-hybridized carbons (Fsp3) is 0.636. The number of esters is 2. The first kappa shape index (κ1) is 16.2. The Morgan fingerprint density at radius 1 is 1.22 bits per heavy atom. The molecule has 0 unspecified atom stereocenters. The first-order chi connectivity index (χ1) is 8.56. The second-order valence-corrected chi connectivity index (χ2v) is 3.24. The number of carbonyl (C=O) groups excluding carboxylic acids is 2. The van der Waals surface area contributed by atoms with Crippen molar-refractivity contribution in [3.05, 3.63) is 11.4 Å². The lowest BCUT2D eigenvalue weighted by Crippen LogP contribution is -2.29. The Balaban J connectivity index is 4.80. The van der Waals surface area contributed by atoms with E-state index < -0.39 is 11.9 Å². The van der Waals surface area contributed by atoms with E-state index in [0.717, 1.165) is 0 Å². The normalized spacial score (nSPS) is 11.5. The van der Waals surface area contributed by atoms with Crippen LogP contribution in [-0.2, 0) is 19.1 Å². The number of aliphatic hydroxyl groups excluding tert-OH is 1. The van der Waals surface area contributed by atoms with E-state index in [1.54, 1.807) is 13.8 Å². The molecule has 7 nitrogen and oxygen atoms in total. The Kier molecular flexibility index (Phi) is 8.38. The molecule has 0 fully saturated rings. The van der Waals surface area contributed by atoms with Gasteiger partial charge < -0.3 is 25.6 Å². The molecule has 4 N–H and O–H groups in total. The molecule has 104 valence electrons. The zero-order valence-corrected chi connectivity index (χ0v) is 10.7. The average molecular weight is 260 g/mol. The Morgan fingerprint density at radius 3 is 2.33 bits per heavy atom. The summed E-state index contributed by atoms with van der Waals surface area (Å²) in [7, 11) is 0. The molecule has 0 aromatic carbocycles. The Hall–Kier alpha value is -1.76. The first-order valence-electron chi connectivity index (χ1n) is 5.72. The maximum atomic E-state index is 11.6. The number of nitrogens with one attached hydrogen (secondary N) is 1. The molecule has 0 aliphatic rings. The van der Waals surface area contributed by atoms with Gasteiger partial charge in [0.2, 0.25) is 0 Å². The van der Waals surface area contributed by atoms with Crippen molar-refractivity contribution in [2.45, 2.75) is 20.3 Å². The summed E-state index contributed by atoms with van der Waals surface area (Å²) in [4.78, 5) is 23.0. The highest BCUT2D eigenvalue weighted by molar-refractivity contribution is 5.94. The summed E-state index contributed by atoms with van der Waals surface area (Å²) in [5.41, 5.74) is 5.63. The van der Waals surface area contributed by atoms with Crippen LogP contribution in [0.2, 0.25) is 0 Å². The number of rotatable bonds is 8. The minimum atomic E-state index is -0.673. The van der Waals surface area contributed by atoms with Gasteiger partial charge >= 0.3 is 11.9 Å². The Labute approximate surface area is 106 Å². The molecule has 0 spiro atoms. The summed E-state index contributed by atoms with van der Waals surface area (Å²) in [5, 5.41) is 11.3. The number of ether oxygens (including phenoxy) is 2. The highest BCUT2D eigenvalue weighted by Gasteiger charge is 2.19. The SMILES string of the molecule is CCOC(=O)C/C(C(=O)OCC)=C(/N)NCCO. The van der Waals surface area contributed by atoms with E-state index in [2.05, 4.69) is 5.32 Å². The Bertz CT molecular complexity index is 315. The number of nitrogens with two attached hydrogens (primary N) is 1. The second kappa shape index (κ2) is 9.29. The molecule has 0 bridgehead atoms. The predicted octanol–water partition coefficient (Wildman–Crippen LogP) is -0.745. The van der Waals surface area contributed by atoms with Crippen molar-refractivity contribution < 1.29 is 24.2 Å². The topological polar surface area (TPSA) is 111 Å². The van der Waals surface area contributed by atoms with Gasteiger partial charge in [-0.25, -0.2) is 4.79 Å². The second-order valence-electron chi connectivity index (χ2n) is 3.24. The van der Waals surface area contributed by atoms with Crippen molar-refractivity contribution in [2.24, 2.45) is 5.73 Å². The summed E-state index contributed by atoms with van der Waals surface area (Å²) in [6, 6.07) is 0. The van der Waals surface area contributed by atoms with Gasteiger partial charge in [0, 0.05) is 6.54 Å². The molecule has 0 saturated heterocycles. The van der Waals surface area contributed by atoms with E-state index in [1.165, 1.54) is 0 Å². The molecule has 0 saturated carbocycles. The molecular weight excluding hydrogens is 240 g/mol. The van der Waals surface area contributed by atoms with Crippen LogP contribution in [0.1, 0.15) is 20.3 Å². The summed E-state index contributed by atoms with van der Waals surface area (Å²) in [6.07, 6.45) is -0.267. The van der Waals surface area contributed by atoms with Crippen molar-refractivity contribution in [1.29, 1.82) is 0 Å². The van der Waals surface area contributed by atoms with Crippen LogP contribution in [0, 0.1) is 0 Å². The highest BCUT2D eigenvalue weighted by atomic mass is 16.5. The minimum absolute atomic E-state index is 0.00347. The van der Waals surface area contributed by atoms with Gasteiger partial charge in [0.1, 0.15) is 5.82 Å². The van der Waals surface area contributed by atoms with Gasteiger partial charge in [-0.05, 0) is 13.8 Å². The third kappa shape index (κ3) is 6.09. The first-order valence-corrected chi connectivity index (χ1v) is 5.72. The van der Waals surface area contributed by atoms with Crippen molar-refractivity contribution >= 4 is 11.9 Å². The van der Waals surface area contributed by atoms with Crippen LogP contribution in [0.25, 0.3) is 0 Å². The zero-order valence-electron chi connectivity index (χ0n) is 10.7. The molecule has 0 aromatic rings. The number of hydrogen-bond acceptors (Lipinski definition) is 7. The van der Waals surface area contributed by atoms with E-state index in [0.29, 0.717) is 0 Å². The third-order valence-corrected chi connectivity index (χ3v) is 1.90. The van der Waals surface area contributed by atoms with E-state index >= 15 is 0 Å². The molecule has 7 heteroatoms. The van der Waals surface area contributed by atoms with Crippen molar-refractivity contribution in [2.75, 3.05) is 26.4 Å². The number of carbonyl (C=O) groups is 2. The fourth-order valence-corrected chi connectivity index (χ4v) is 1.15. The largest absolute Gasteiger partial charge is 0.466 e. The lowest BCUT2D eigenvalue weighted by molar-refractivity contribution is -0.145. The fourth-order valence-electron chi connectivity index (χ4n) is 1.15. The smallest absolute Gasteiger partial charge is 0.338 e. The van der Waals surface area contributed by atoms with Crippen molar-refractivity contribution in [3.8, 4) is 0 Å². The van der Waals surface area contributed by atoms with Gasteiger partial charge in [-0.2, -0.15) is 0 Å². The average Bonchev–Trinajstić information content (AvgIpc) is 2.33. The quantitative estimate of drug-likeness (QED) is 0.389. The van der Waals surface area contributed by atoms with Crippen molar-refractivity contribution in [3.63, 3.8) is 0 Å². The van der Waals surface area contributed by atoms with Gasteiger partial charge in [-0.3, -0.25) is 4.79 Å². The summed E-state index contributed by atoms with van der Waals surface area (Å²) in [5.74, 6) is -1.22. The molecular formula is C11H20N2O5. The van der Waals surface area contributed by atoms with Crippen LogP contribution in [0.3, 0.4) is 0 Å². The molecule has 0 amide bonds. The summed E-state index contributed by atoms with van der Waals surface area (Å²) in [6.45, 7) is 3.75. The van der Waals surface area contributed by atoms with Gasteiger partial charge in [-0.1, -0.05) is 0 Å². The van der Waals surface area contributed by atoms with Crippen LogP contribution in [0.4, 0.5) is 0 Å². The van der Waals surface area contributed by atoms with Crippen molar-refractivity contribution in [1.82, 2.24) is 5.32 Å². The maximum absolute atomic E-state index is 11.6. The maximum Gasteiger partial charge on any atom is 0.338 e. The van der Waals surface area contributed by atoms with Crippen LogP contribution in [0.15, 0.2) is 11.4 Å². The van der Waals surface area contributed by atoms with E-state index in [-0.39, 0.29) is 44.2 Å². The monoisotopic (exact) mass is 260 g/mol. The van der Waals surface area contributed by atoms with Gasteiger partial charge in [0.15, 0.2) is 0 Å². The zero-order chi connectivity index (χ0) is 14.0. The van der Waals surface area contributed by atoms with Gasteiger partial charge in [-0.15, -0.1) is 0 Å². The van der Waals surface area contributed by atoms with Crippen LogP contribution in [-0.4, -0.2) is 43.4 Å². The molecule has 18 heavy (non-hydrogen) atoms. The van der Waals surface area contributed by atoms with E-state index in [4.69, 9.17) is 20.3 Å². The highest BCUT2D eigenvalue weighted by Crippen LogP contribution is 2.08. The van der Waals surface area contributed by atoms with Gasteiger partial charge in [0.05, 0.1) is 31.8 Å². The standard InChI is InChI=1S/C11H20N2O5/c1-3-17-9(15)7-8(11(16)18-4-2)10(12)13-5-6-14/h13-14H,3-7,12H2,1-2H3/b10-8+. The Morgan fingerprint density at radius 2 is 1.83 bits per heavy atom. The van der Waals surface area contributed by atoms with Crippen LogP contribution < -0.4 is 11.1 Å². The molecule has 0 aliphatic carbocycles. The van der Waals surface area contributed by atoms with E-state index in [1.807, 2.05) is 0 Å². The molecule has 0 atom stereocenters.